The number of benzene rings is 2. The number of aliphatic hydroxyl groups is 1. The normalized spacial score (nSPS) is 16.8. The van der Waals surface area contributed by atoms with E-state index in [1.165, 1.54) is 5.56 Å². The summed E-state index contributed by atoms with van der Waals surface area (Å²) in [4.78, 5) is 2.41. The predicted octanol–water partition coefficient (Wildman–Crippen LogP) is 3.87. The summed E-state index contributed by atoms with van der Waals surface area (Å²) in [6, 6.07) is 21.0. The summed E-state index contributed by atoms with van der Waals surface area (Å²) in [7, 11) is 0. The quantitative estimate of drug-likeness (QED) is 0.848. The van der Waals surface area contributed by atoms with Crippen LogP contribution in [0.2, 0.25) is 0 Å². The van der Waals surface area contributed by atoms with Crippen LogP contribution in [0.25, 0.3) is 0 Å². The van der Waals surface area contributed by atoms with Gasteiger partial charge in [-0.15, -0.1) is 0 Å². The third-order valence-corrected chi connectivity index (χ3v) is 5.12. The Bertz CT molecular complexity index is 853. The fourth-order valence-electron chi connectivity index (χ4n) is 3.49. The molecule has 0 unspecified atom stereocenters. The zero-order valence-electron chi connectivity index (χ0n) is 16.1. The van der Waals surface area contributed by atoms with Crippen LogP contribution in [0, 0.1) is 23.2 Å². The summed E-state index contributed by atoms with van der Waals surface area (Å²) in [5.74, 6) is 5.84. The molecule has 2 aromatic carbocycles. The molecule has 27 heavy (non-hydrogen) atoms. The molecule has 0 bridgehead atoms. The Morgan fingerprint density at radius 1 is 1.04 bits per heavy atom. The fraction of sp³-hybridized carbons (Fsp3) is 0.375. The van der Waals surface area contributed by atoms with Crippen molar-refractivity contribution in [2.75, 3.05) is 13.1 Å². The second-order valence-electron chi connectivity index (χ2n) is 7.84. The largest absolute Gasteiger partial charge is 0.378 e. The van der Waals surface area contributed by atoms with Gasteiger partial charge in [0.2, 0.25) is 0 Å². The van der Waals surface area contributed by atoms with Crippen LogP contribution in [-0.4, -0.2) is 28.7 Å². The molecule has 3 rings (SSSR count). The van der Waals surface area contributed by atoms with E-state index in [4.69, 9.17) is 0 Å². The van der Waals surface area contributed by atoms with Gasteiger partial charge in [-0.1, -0.05) is 54.3 Å². The van der Waals surface area contributed by atoms with Gasteiger partial charge in [-0.25, -0.2) is 0 Å². The van der Waals surface area contributed by atoms with Crippen LogP contribution in [0.4, 0.5) is 0 Å². The number of rotatable bonds is 3. The summed E-state index contributed by atoms with van der Waals surface area (Å²) in [5, 5.41) is 19.5. The summed E-state index contributed by atoms with van der Waals surface area (Å²) in [5.41, 5.74) is 1.97. The molecule has 0 radical (unpaired) electrons. The van der Waals surface area contributed by atoms with Crippen molar-refractivity contribution in [2.45, 2.75) is 44.2 Å². The van der Waals surface area contributed by atoms with E-state index < -0.39 is 5.60 Å². The Morgan fingerprint density at radius 3 is 2.22 bits per heavy atom. The highest BCUT2D eigenvalue weighted by molar-refractivity contribution is 5.38. The molecule has 1 heterocycles. The predicted molar refractivity (Wildman–Crippen MR) is 108 cm³/mol. The molecule has 1 aliphatic heterocycles. The number of nitriles is 1. The van der Waals surface area contributed by atoms with E-state index in [0.29, 0.717) is 0 Å². The number of likely N-dealkylation sites (tertiary alicyclic amines) is 1. The molecule has 0 saturated carbocycles. The molecule has 1 aliphatic rings. The van der Waals surface area contributed by atoms with Crippen LogP contribution < -0.4 is 0 Å². The van der Waals surface area contributed by atoms with E-state index in [1.54, 1.807) is 13.8 Å². The van der Waals surface area contributed by atoms with Gasteiger partial charge in [-0.2, -0.15) is 5.26 Å². The van der Waals surface area contributed by atoms with Gasteiger partial charge >= 0.3 is 0 Å². The molecule has 0 spiro atoms. The number of nitrogens with zero attached hydrogens (tertiary/aromatic N) is 2. The van der Waals surface area contributed by atoms with Crippen LogP contribution in [0.5, 0.6) is 0 Å². The van der Waals surface area contributed by atoms with E-state index >= 15 is 0 Å². The van der Waals surface area contributed by atoms with Crippen LogP contribution >= 0.6 is 0 Å². The first kappa shape index (κ1) is 19.2. The van der Waals surface area contributed by atoms with Crippen molar-refractivity contribution in [2.24, 2.45) is 0 Å². The summed E-state index contributed by atoms with van der Waals surface area (Å²) < 4.78 is 0. The van der Waals surface area contributed by atoms with Gasteiger partial charge in [-0.05, 0) is 49.9 Å². The molecule has 3 nitrogen and oxygen atoms in total. The van der Waals surface area contributed by atoms with Gasteiger partial charge in [0.15, 0.2) is 0 Å². The lowest BCUT2D eigenvalue weighted by Crippen LogP contribution is -2.41. The molecular weight excluding hydrogens is 332 g/mol. The highest BCUT2D eigenvalue weighted by Gasteiger charge is 2.36. The second-order valence-corrected chi connectivity index (χ2v) is 7.84. The molecule has 1 fully saturated rings. The second kappa shape index (κ2) is 7.97. The number of hydrogen-bond acceptors (Lipinski definition) is 3. The molecule has 138 valence electrons. The maximum Gasteiger partial charge on any atom is 0.120 e. The Morgan fingerprint density at radius 2 is 1.67 bits per heavy atom. The van der Waals surface area contributed by atoms with Crippen molar-refractivity contribution in [1.82, 2.24) is 4.90 Å². The molecule has 3 heteroatoms. The molecule has 0 aliphatic carbocycles. The standard InChI is InChI=1S/C24H26N2O/c1-23(2,27)13-12-20-8-10-21(11-9-20)18-26-16-14-24(19-25,15-17-26)22-6-4-3-5-7-22/h3-11,27H,14-18H2,1-2H3. The van der Waals surface area contributed by atoms with E-state index in [2.05, 4.69) is 47.1 Å². The zero-order chi connectivity index (χ0) is 19.3. The van der Waals surface area contributed by atoms with E-state index in [0.717, 1.165) is 43.6 Å². The maximum atomic E-state index is 9.81. The van der Waals surface area contributed by atoms with Gasteiger partial charge in [0, 0.05) is 25.2 Å². The highest BCUT2D eigenvalue weighted by atomic mass is 16.3. The molecule has 0 atom stereocenters. The van der Waals surface area contributed by atoms with Crippen molar-refractivity contribution >= 4 is 0 Å². The lowest BCUT2D eigenvalue weighted by atomic mass is 9.74. The lowest BCUT2D eigenvalue weighted by Gasteiger charge is -2.37. The van der Waals surface area contributed by atoms with Crippen LogP contribution in [0.15, 0.2) is 54.6 Å². The average Bonchev–Trinajstić information content (AvgIpc) is 2.68. The van der Waals surface area contributed by atoms with Crippen LogP contribution in [0.3, 0.4) is 0 Å². The Labute approximate surface area is 162 Å². The van der Waals surface area contributed by atoms with Crippen molar-refractivity contribution in [3.05, 3.63) is 71.3 Å². The van der Waals surface area contributed by atoms with Crippen molar-refractivity contribution < 1.29 is 5.11 Å². The Hall–Kier alpha value is -2.59. The minimum absolute atomic E-state index is 0.353. The Kier molecular flexibility index (Phi) is 5.66. The average molecular weight is 358 g/mol. The fourth-order valence-corrected chi connectivity index (χ4v) is 3.49. The van der Waals surface area contributed by atoms with Gasteiger partial charge in [0.25, 0.3) is 0 Å². The van der Waals surface area contributed by atoms with E-state index in [9.17, 15) is 10.4 Å². The number of piperidine rings is 1. The molecular formula is C24H26N2O. The first-order valence-electron chi connectivity index (χ1n) is 9.44. The smallest absolute Gasteiger partial charge is 0.120 e. The van der Waals surface area contributed by atoms with E-state index in [1.807, 2.05) is 30.3 Å². The first-order chi connectivity index (χ1) is 12.9. The third kappa shape index (κ3) is 4.98. The van der Waals surface area contributed by atoms with Crippen molar-refractivity contribution in [1.29, 1.82) is 5.26 Å². The van der Waals surface area contributed by atoms with Crippen molar-refractivity contribution in [3.63, 3.8) is 0 Å². The topological polar surface area (TPSA) is 47.3 Å². The maximum absolute atomic E-state index is 9.81. The third-order valence-electron chi connectivity index (χ3n) is 5.12. The minimum Gasteiger partial charge on any atom is -0.378 e. The SMILES string of the molecule is CC(C)(O)C#Cc1ccc(CN2CCC(C#N)(c3ccccc3)CC2)cc1. The zero-order valence-corrected chi connectivity index (χ0v) is 16.1. The number of hydrogen-bond donors (Lipinski definition) is 1. The first-order valence-corrected chi connectivity index (χ1v) is 9.44. The molecule has 0 aromatic heterocycles. The Balaban J connectivity index is 1.61. The van der Waals surface area contributed by atoms with Crippen LogP contribution in [-0.2, 0) is 12.0 Å². The molecule has 2 aromatic rings. The highest BCUT2D eigenvalue weighted by Crippen LogP contribution is 2.35. The van der Waals surface area contributed by atoms with Gasteiger partial charge in [-0.3, -0.25) is 4.90 Å². The molecule has 1 saturated heterocycles. The summed E-state index contributed by atoms with van der Waals surface area (Å²) >= 11 is 0. The van der Waals surface area contributed by atoms with Gasteiger partial charge in [0.1, 0.15) is 5.60 Å². The molecule has 0 amide bonds. The van der Waals surface area contributed by atoms with Gasteiger partial charge < -0.3 is 5.11 Å². The lowest BCUT2D eigenvalue weighted by molar-refractivity contribution is 0.143. The van der Waals surface area contributed by atoms with E-state index in [-0.39, 0.29) is 5.41 Å². The molecule has 1 N–H and O–H groups in total. The monoisotopic (exact) mass is 358 g/mol. The van der Waals surface area contributed by atoms with Crippen molar-refractivity contribution in [3.8, 4) is 17.9 Å². The van der Waals surface area contributed by atoms with Gasteiger partial charge in [0.05, 0.1) is 11.5 Å². The summed E-state index contributed by atoms with van der Waals surface area (Å²) in [6.45, 7) is 6.09. The van der Waals surface area contributed by atoms with Crippen LogP contribution in [0.1, 0.15) is 43.4 Å². The minimum atomic E-state index is -0.974. The summed E-state index contributed by atoms with van der Waals surface area (Å²) in [6.07, 6.45) is 1.73.